The van der Waals surface area contributed by atoms with Crippen LogP contribution >= 0.6 is 11.3 Å². The van der Waals surface area contributed by atoms with E-state index >= 15 is 0 Å². The molecule has 0 fully saturated rings. The van der Waals surface area contributed by atoms with Crippen molar-refractivity contribution in [3.05, 3.63) is 33.9 Å². The molecule has 1 aliphatic heterocycles. The van der Waals surface area contributed by atoms with E-state index in [0.717, 1.165) is 6.42 Å². The second-order valence-electron chi connectivity index (χ2n) is 9.63. The first-order valence-corrected chi connectivity index (χ1v) is 13.1. The summed E-state index contributed by atoms with van der Waals surface area (Å²) in [5.41, 5.74) is 0.115. The van der Waals surface area contributed by atoms with Crippen LogP contribution in [0.3, 0.4) is 0 Å². The van der Waals surface area contributed by atoms with Crippen LogP contribution in [-0.2, 0) is 9.59 Å². The topological polar surface area (TPSA) is 176 Å². The van der Waals surface area contributed by atoms with Gasteiger partial charge >= 0.3 is 0 Å². The molecule has 0 saturated carbocycles. The van der Waals surface area contributed by atoms with Crippen LogP contribution < -0.4 is 21.3 Å². The van der Waals surface area contributed by atoms with Gasteiger partial charge in [-0.15, -0.1) is 11.3 Å². The van der Waals surface area contributed by atoms with Gasteiger partial charge in [0.05, 0.1) is 12.1 Å². The van der Waals surface area contributed by atoms with Gasteiger partial charge in [0.2, 0.25) is 17.7 Å². The molecular weight excluding hydrogens is 500 g/mol. The largest absolute Gasteiger partial charge is 0.446 e. The molecule has 2 aromatic heterocycles. The maximum Gasteiger partial charge on any atom is 0.273 e. The van der Waals surface area contributed by atoms with Crippen molar-refractivity contribution in [3.63, 3.8) is 0 Å². The Morgan fingerprint density at radius 2 is 1.57 bits per heavy atom. The Labute approximate surface area is 219 Å². The van der Waals surface area contributed by atoms with Gasteiger partial charge in [0, 0.05) is 5.38 Å². The van der Waals surface area contributed by atoms with Gasteiger partial charge in [-0.05, 0) is 25.7 Å². The predicted molar refractivity (Wildman–Crippen MR) is 135 cm³/mol. The van der Waals surface area contributed by atoms with E-state index in [-0.39, 0.29) is 29.1 Å². The Bertz CT molecular complexity index is 1140. The average molecular weight is 535 g/mol. The highest BCUT2D eigenvalue weighted by Crippen LogP contribution is 2.28. The van der Waals surface area contributed by atoms with Crippen LogP contribution in [0.5, 0.6) is 0 Å². The summed E-state index contributed by atoms with van der Waals surface area (Å²) in [5, 5.41) is 23.0. The Balaban J connectivity index is 2.04. The second kappa shape index (κ2) is 11.8. The van der Waals surface area contributed by atoms with Crippen LogP contribution in [0.25, 0.3) is 0 Å². The summed E-state index contributed by atoms with van der Waals surface area (Å²) >= 11 is 1.22. The number of hydrogen-bond acceptors (Lipinski definition) is 9. The lowest BCUT2D eigenvalue weighted by Crippen LogP contribution is -2.57. The molecule has 0 aliphatic carbocycles. The first-order valence-electron chi connectivity index (χ1n) is 12.2. The number of hydrogen-bond donors (Lipinski definition) is 5. The smallest absolute Gasteiger partial charge is 0.273 e. The number of carbonyl (C=O) groups is 4. The number of fused-ring (bicyclic) bond motifs is 4. The fraction of sp³-hybridized carbons (Fsp3) is 0.583. The van der Waals surface area contributed by atoms with Gasteiger partial charge in [-0.25, -0.2) is 9.97 Å². The highest BCUT2D eigenvalue weighted by atomic mass is 32.1. The zero-order chi connectivity index (χ0) is 27.4. The molecule has 13 heteroatoms. The van der Waals surface area contributed by atoms with E-state index in [1.54, 1.807) is 5.38 Å². The van der Waals surface area contributed by atoms with E-state index in [4.69, 9.17) is 4.42 Å². The highest BCUT2D eigenvalue weighted by Gasteiger charge is 2.33. The lowest BCUT2D eigenvalue weighted by atomic mass is 9.99. The molecule has 0 aromatic carbocycles. The summed E-state index contributed by atoms with van der Waals surface area (Å²) in [6.45, 7) is 10.4. The fourth-order valence-electron chi connectivity index (χ4n) is 3.74. The molecule has 12 nitrogen and oxygen atoms in total. The summed E-state index contributed by atoms with van der Waals surface area (Å²) in [4.78, 5) is 60.5. The number of oxazole rings is 1. The van der Waals surface area contributed by atoms with Gasteiger partial charge in [0.25, 0.3) is 11.8 Å². The van der Waals surface area contributed by atoms with Gasteiger partial charge in [-0.3, -0.25) is 19.2 Å². The minimum Gasteiger partial charge on any atom is -0.446 e. The van der Waals surface area contributed by atoms with E-state index in [9.17, 15) is 24.3 Å². The van der Waals surface area contributed by atoms with E-state index < -0.39 is 53.9 Å². The molecule has 5 N–H and O–H groups in total. The maximum absolute atomic E-state index is 13.1. The van der Waals surface area contributed by atoms with E-state index in [1.807, 2.05) is 27.7 Å². The number of aromatic nitrogens is 2. The first-order chi connectivity index (χ1) is 17.4. The number of aliphatic hydroxyl groups is 1. The van der Waals surface area contributed by atoms with E-state index in [2.05, 4.69) is 31.2 Å². The number of aliphatic hydroxyl groups excluding tert-OH is 1. The molecule has 0 spiro atoms. The van der Waals surface area contributed by atoms with Crippen LogP contribution in [0.4, 0.5) is 0 Å². The van der Waals surface area contributed by atoms with E-state index in [1.165, 1.54) is 31.4 Å². The molecule has 2 aromatic rings. The van der Waals surface area contributed by atoms with Crippen molar-refractivity contribution in [3.8, 4) is 0 Å². The lowest BCUT2D eigenvalue weighted by Gasteiger charge is -2.26. The number of nitrogens with zero attached hydrogens (tertiary/aromatic N) is 2. The van der Waals surface area contributed by atoms with Crippen molar-refractivity contribution < 1.29 is 28.7 Å². The van der Waals surface area contributed by atoms with Crippen LogP contribution in [0.2, 0.25) is 0 Å². The Morgan fingerprint density at radius 1 is 0.919 bits per heavy atom. The summed E-state index contributed by atoms with van der Waals surface area (Å²) in [6, 6.07) is -3.57. The molecule has 6 atom stereocenters. The molecule has 0 unspecified atom stereocenters. The molecular formula is C24H34N6O6S. The van der Waals surface area contributed by atoms with Gasteiger partial charge < -0.3 is 30.8 Å². The Hall–Kier alpha value is -3.32. The van der Waals surface area contributed by atoms with Crippen molar-refractivity contribution in [2.24, 2.45) is 11.8 Å². The molecule has 1 aliphatic rings. The fourth-order valence-corrected chi connectivity index (χ4v) is 4.72. The minimum absolute atomic E-state index is 0.00668. The Morgan fingerprint density at radius 3 is 2.19 bits per heavy atom. The number of nitrogens with one attached hydrogen (secondary N) is 4. The zero-order valence-electron chi connectivity index (χ0n) is 21.7. The number of rotatable bonds is 4. The summed E-state index contributed by atoms with van der Waals surface area (Å²) in [6.07, 6.45) is 0.707. The molecule has 0 radical (unpaired) electrons. The monoisotopic (exact) mass is 534 g/mol. The van der Waals surface area contributed by atoms with Crippen LogP contribution in [-0.4, -0.2) is 56.9 Å². The number of amides is 4. The normalized spacial score (nSPS) is 25.3. The lowest BCUT2D eigenvalue weighted by molar-refractivity contribution is -0.133. The molecule has 4 amide bonds. The maximum atomic E-state index is 13.1. The van der Waals surface area contributed by atoms with Crippen molar-refractivity contribution in [1.29, 1.82) is 0 Å². The number of carbonyl (C=O) groups excluding carboxylic acids is 4. The van der Waals surface area contributed by atoms with Gasteiger partial charge in [-0.1, -0.05) is 34.1 Å². The second-order valence-corrected chi connectivity index (χ2v) is 10.5. The SMILES string of the molecule is CC[C@H](C)[C@H]1NC(=O)c2coc(n2)[C@H](C(C)C)NC(=O)[C@H]([C@@H](C)O)NC(=O)[C@H](C)NC(=O)c2csc1n2. The molecule has 3 heterocycles. The summed E-state index contributed by atoms with van der Waals surface area (Å²) < 4.78 is 5.57. The quantitative estimate of drug-likeness (QED) is 0.392. The molecule has 4 bridgehead atoms. The van der Waals surface area contributed by atoms with Crippen LogP contribution in [0, 0.1) is 11.8 Å². The molecule has 3 rings (SSSR count). The van der Waals surface area contributed by atoms with Gasteiger partial charge in [0.15, 0.2) is 5.69 Å². The van der Waals surface area contributed by atoms with Gasteiger partial charge in [0.1, 0.15) is 35.1 Å². The molecule has 37 heavy (non-hydrogen) atoms. The predicted octanol–water partition coefficient (Wildman–Crippen LogP) is 1.46. The summed E-state index contributed by atoms with van der Waals surface area (Å²) in [7, 11) is 0. The third kappa shape index (κ3) is 6.52. The summed E-state index contributed by atoms with van der Waals surface area (Å²) in [5.74, 6) is -2.49. The average Bonchev–Trinajstić information content (AvgIpc) is 3.53. The van der Waals surface area contributed by atoms with Crippen molar-refractivity contribution in [2.75, 3.05) is 0 Å². The number of thiazole rings is 1. The van der Waals surface area contributed by atoms with Crippen molar-refractivity contribution in [1.82, 2.24) is 31.2 Å². The zero-order valence-corrected chi connectivity index (χ0v) is 22.5. The van der Waals surface area contributed by atoms with Crippen molar-refractivity contribution in [2.45, 2.75) is 78.2 Å². The van der Waals surface area contributed by atoms with E-state index in [0.29, 0.717) is 5.01 Å². The first kappa shape index (κ1) is 28.3. The third-order valence-corrected chi connectivity index (χ3v) is 7.24. The Kier molecular flexibility index (Phi) is 9.02. The molecule has 202 valence electrons. The van der Waals surface area contributed by atoms with Crippen LogP contribution in [0.1, 0.15) is 91.9 Å². The van der Waals surface area contributed by atoms with Gasteiger partial charge in [-0.2, -0.15) is 0 Å². The van der Waals surface area contributed by atoms with Crippen LogP contribution in [0.15, 0.2) is 16.1 Å². The molecule has 0 saturated heterocycles. The van der Waals surface area contributed by atoms with Crippen molar-refractivity contribution >= 4 is 35.0 Å². The highest BCUT2D eigenvalue weighted by molar-refractivity contribution is 7.09. The minimum atomic E-state index is -1.31. The standard InChI is InChI=1S/C24H34N6O6S/c1-7-11(4)17-24-27-15(9-37-24)21(34)25-12(5)19(32)30-18(13(6)31)22(35)28-16(10(2)3)23-26-14(8-36-23)20(33)29-17/h8-13,16-18,31H,7H2,1-6H3,(H,25,34)(H,28,35)(H,29,33)(H,30,32)/t11-,12-,13+,16-,17+,18-/m0/s1. The third-order valence-electron chi connectivity index (χ3n) is 6.31.